The zero-order chi connectivity index (χ0) is 32.7. The van der Waals surface area contributed by atoms with Crippen LogP contribution in [0, 0.1) is 6.92 Å². The van der Waals surface area contributed by atoms with E-state index in [1.165, 1.54) is 34.4 Å². The van der Waals surface area contributed by atoms with Crippen molar-refractivity contribution < 1.29 is 9.59 Å². The summed E-state index contributed by atoms with van der Waals surface area (Å²) in [5.74, 6) is 0.506. The summed E-state index contributed by atoms with van der Waals surface area (Å²) in [6.07, 6.45) is 2.20. The monoisotopic (exact) mass is 620 g/mol. The molecule has 5 rings (SSSR count). The van der Waals surface area contributed by atoms with Gasteiger partial charge in [-0.05, 0) is 48.1 Å². The smallest absolute Gasteiger partial charge is 0.239 e. The van der Waals surface area contributed by atoms with Crippen molar-refractivity contribution in [2.75, 3.05) is 33.2 Å². The predicted octanol–water partition coefficient (Wildman–Crippen LogP) is 4.98. The summed E-state index contributed by atoms with van der Waals surface area (Å²) in [6, 6.07) is 35.3. The van der Waals surface area contributed by atoms with Crippen LogP contribution in [-0.4, -0.2) is 68.0 Å². The highest BCUT2D eigenvalue weighted by Crippen LogP contribution is 2.27. The summed E-state index contributed by atoms with van der Waals surface area (Å²) in [6.45, 7) is 6.01. The topological polar surface area (TPSA) is 112 Å². The summed E-state index contributed by atoms with van der Waals surface area (Å²) < 4.78 is 0. The quantitative estimate of drug-likeness (QED) is 0.114. The Morgan fingerprint density at radius 1 is 0.935 bits per heavy atom. The predicted molar refractivity (Wildman–Crippen MR) is 189 cm³/mol. The average Bonchev–Trinajstić information content (AvgIpc) is 3.23. The Labute approximate surface area is 273 Å². The Morgan fingerprint density at radius 2 is 1.57 bits per heavy atom. The van der Waals surface area contributed by atoms with Gasteiger partial charge in [-0.1, -0.05) is 109 Å². The number of nitrogens with zero attached hydrogens (tertiary/aromatic N) is 2. The van der Waals surface area contributed by atoms with E-state index in [-0.39, 0.29) is 29.8 Å². The van der Waals surface area contributed by atoms with Crippen molar-refractivity contribution in [3.8, 4) is 0 Å². The fourth-order valence-electron chi connectivity index (χ4n) is 5.80. The molecule has 4 aromatic rings. The number of carbonyl (C=O) groups is 2. The van der Waals surface area contributed by atoms with Crippen LogP contribution in [-0.2, 0) is 9.59 Å². The summed E-state index contributed by atoms with van der Waals surface area (Å²) in [7, 11) is 1.64. The number of aliphatic imine (C=N–C) groups is 1. The average molecular weight is 621 g/mol. The number of nitrogens with one attached hydrogen (secondary N) is 3. The first-order valence-corrected chi connectivity index (χ1v) is 16.1. The van der Waals surface area contributed by atoms with E-state index in [1.807, 2.05) is 41.3 Å². The third kappa shape index (κ3) is 10.4. The SMILES string of the molecule is CN=C(N)NCCCC1NC(CNC(C)=O)CCN(CC(c2ccccc2)c2ccccc2)C1=O.Cc1ccc2ccccc2c1. The Balaban J connectivity index is 0.000000363. The minimum Gasteiger partial charge on any atom is -0.370 e. The highest BCUT2D eigenvalue weighted by molar-refractivity contribution is 5.83. The van der Waals surface area contributed by atoms with Crippen molar-refractivity contribution in [3.05, 3.63) is 120 Å². The van der Waals surface area contributed by atoms with Gasteiger partial charge in [-0.2, -0.15) is 0 Å². The second kappa shape index (κ2) is 17.7. The molecule has 4 aromatic carbocycles. The molecule has 0 spiro atoms. The fraction of sp³-hybridized carbons (Fsp3) is 0.342. The minimum absolute atomic E-state index is 0.0278. The van der Waals surface area contributed by atoms with Crippen molar-refractivity contribution in [2.45, 2.75) is 51.1 Å². The minimum atomic E-state index is -0.329. The van der Waals surface area contributed by atoms with Gasteiger partial charge >= 0.3 is 0 Å². The summed E-state index contributed by atoms with van der Waals surface area (Å²) in [5, 5.41) is 12.1. The molecule has 1 heterocycles. The van der Waals surface area contributed by atoms with Crippen molar-refractivity contribution in [1.82, 2.24) is 20.9 Å². The van der Waals surface area contributed by atoms with Gasteiger partial charge in [-0.15, -0.1) is 0 Å². The molecular formula is C38H48N6O2. The first-order valence-electron chi connectivity index (χ1n) is 16.1. The number of rotatable bonds is 10. The van der Waals surface area contributed by atoms with Crippen LogP contribution in [0.4, 0.5) is 0 Å². The summed E-state index contributed by atoms with van der Waals surface area (Å²) >= 11 is 0. The van der Waals surface area contributed by atoms with Gasteiger partial charge in [-0.3, -0.25) is 14.6 Å². The fourth-order valence-corrected chi connectivity index (χ4v) is 5.80. The van der Waals surface area contributed by atoms with Crippen LogP contribution in [0.2, 0.25) is 0 Å². The number of benzene rings is 4. The van der Waals surface area contributed by atoms with Gasteiger partial charge in [0.05, 0.1) is 6.04 Å². The van der Waals surface area contributed by atoms with Crippen LogP contribution >= 0.6 is 0 Å². The van der Waals surface area contributed by atoms with Gasteiger partial charge in [0.2, 0.25) is 11.8 Å². The molecule has 2 amide bonds. The van der Waals surface area contributed by atoms with Crippen LogP contribution in [0.15, 0.2) is 108 Å². The van der Waals surface area contributed by atoms with E-state index in [9.17, 15) is 9.59 Å². The number of carbonyl (C=O) groups excluding carboxylic acids is 2. The van der Waals surface area contributed by atoms with Crippen LogP contribution < -0.4 is 21.7 Å². The van der Waals surface area contributed by atoms with Gasteiger partial charge in [0.1, 0.15) is 0 Å². The van der Waals surface area contributed by atoms with Gasteiger partial charge in [0.25, 0.3) is 0 Å². The third-order valence-corrected chi connectivity index (χ3v) is 8.32. The van der Waals surface area contributed by atoms with E-state index < -0.39 is 0 Å². The van der Waals surface area contributed by atoms with Crippen LogP contribution in [0.25, 0.3) is 10.8 Å². The molecule has 2 atom stereocenters. The standard InChI is InChI=1S/C27H38N6O2.C11H10/c1-20(34)31-18-23-15-17-33(26(35)25(32-23)14-9-16-30-27(28)29-2)19-24(21-10-5-3-6-11-21)22-12-7-4-8-13-22;1-9-6-7-10-4-2-3-5-11(10)8-9/h3-8,10-13,23-25,32H,9,14-19H2,1-2H3,(H,31,34)(H3,28,29,30);2-8H,1H3. The molecule has 46 heavy (non-hydrogen) atoms. The highest BCUT2D eigenvalue weighted by Gasteiger charge is 2.32. The molecule has 8 nitrogen and oxygen atoms in total. The highest BCUT2D eigenvalue weighted by atomic mass is 16.2. The van der Waals surface area contributed by atoms with Crippen LogP contribution in [0.5, 0.6) is 0 Å². The normalized spacial score (nSPS) is 16.8. The number of fused-ring (bicyclic) bond motifs is 1. The molecule has 0 bridgehead atoms. The van der Waals surface area contributed by atoms with Gasteiger partial charge < -0.3 is 26.6 Å². The maximum absolute atomic E-state index is 13.7. The number of hydrogen-bond acceptors (Lipinski definition) is 4. The molecule has 2 unspecified atom stereocenters. The molecule has 1 aliphatic rings. The zero-order valence-corrected chi connectivity index (χ0v) is 27.3. The molecule has 8 heteroatoms. The lowest BCUT2D eigenvalue weighted by Gasteiger charge is -2.29. The van der Waals surface area contributed by atoms with E-state index in [1.54, 1.807) is 7.05 Å². The number of hydrogen-bond donors (Lipinski definition) is 4. The number of guanidine groups is 1. The second-order valence-electron chi connectivity index (χ2n) is 11.8. The molecule has 0 aliphatic carbocycles. The lowest BCUT2D eigenvalue weighted by Crippen LogP contribution is -2.49. The zero-order valence-electron chi connectivity index (χ0n) is 27.3. The molecule has 0 aromatic heterocycles. The number of amides is 2. The Kier molecular flexibility index (Phi) is 13.2. The van der Waals surface area contributed by atoms with Crippen LogP contribution in [0.3, 0.4) is 0 Å². The molecule has 0 saturated carbocycles. The molecule has 0 radical (unpaired) electrons. The first-order chi connectivity index (χ1) is 22.3. The number of aryl methyl sites for hydroxylation is 1. The van der Waals surface area contributed by atoms with E-state index in [0.29, 0.717) is 38.6 Å². The maximum Gasteiger partial charge on any atom is 0.239 e. The molecule has 1 aliphatic heterocycles. The Bertz CT molecular complexity index is 1520. The van der Waals surface area contributed by atoms with E-state index in [4.69, 9.17) is 5.73 Å². The molecule has 242 valence electrons. The largest absolute Gasteiger partial charge is 0.370 e. The van der Waals surface area contributed by atoms with Gasteiger partial charge in [-0.25, -0.2) is 0 Å². The van der Waals surface area contributed by atoms with Gasteiger partial charge in [0.15, 0.2) is 5.96 Å². The van der Waals surface area contributed by atoms with E-state index in [0.717, 1.165) is 12.8 Å². The van der Waals surface area contributed by atoms with Crippen molar-refractivity contribution in [3.63, 3.8) is 0 Å². The number of nitrogens with two attached hydrogens (primary N) is 1. The summed E-state index contributed by atoms with van der Waals surface area (Å²) in [5.41, 5.74) is 9.43. The van der Waals surface area contributed by atoms with Crippen LogP contribution in [0.1, 0.15) is 48.8 Å². The van der Waals surface area contributed by atoms with E-state index in [2.05, 4.69) is 94.6 Å². The third-order valence-electron chi connectivity index (χ3n) is 8.32. The van der Waals surface area contributed by atoms with Gasteiger partial charge in [0, 0.05) is 52.1 Å². The lowest BCUT2D eigenvalue weighted by molar-refractivity contribution is -0.133. The van der Waals surface area contributed by atoms with Crippen molar-refractivity contribution in [1.29, 1.82) is 0 Å². The molecule has 1 fully saturated rings. The first kappa shape index (κ1) is 34.2. The second-order valence-corrected chi connectivity index (χ2v) is 11.8. The Hall–Kier alpha value is -4.69. The van der Waals surface area contributed by atoms with Crippen molar-refractivity contribution in [2.24, 2.45) is 10.7 Å². The summed E-state index contributed by atoms with van der Waals surface area (Å²) in [4.78, 5) is 31.1. The van der Waals surface area contributed by atoms with Crippen molar-refractivity contribution >= 4 is 28.5 Å². The molecule has 5 N–H and O–H groups in total. The lowest BCUT2D eigenvalue weighted by atomic mass is 9.90. The molecule has 1 saturated heterocycles. The van der Waals surface area contributed by atoms with E-state index >= 15 is 0 Å². The maximum atomic E-state index is 13.7. The molecular weight excluding hydrogens is 572 g/mol. The Morgan fingerprint density at radius 3 is 2.20 bits per heavy atom.